The Balaban J connectivity index is 1.27. The van der Waals surface area contributed by atoms with Crippen LogP contribution in [0.2, 0.25) is 0 Å². The molecular formula is C28H31N7O2. The number of amidine groups is 1. The first-order valence-corrected chi connectivity index (χ1v) is 12.3. The first kappa shape index (κ1) is 24.5. The number of nitrogens with one attached hydrogen (secondary N) is 3. The van der Waals surface area contributed by atoms with E-state index in [1.54, 1.807) is 16.8 Å². The van der Waals surface area contributed by atoms with Gasteiger partial charge >= 0.3 is 0 Å². The summed E-state index contributed by atoms with van der Waals surface area (Å²) in [5, 5.41) is 21.7. The van der Waals surface area contributed by atoms with Crippen LogP contribution in [0.4, 0.5) is 0 Å². The summed E-state index contributed by atoms with van der Waals surface area (Å²) in [7, 11) is 0. The smallest absolute Gasteiger partial charge is 0.129 e. The molecule has 5 rings (SSSR count). The minimum absolute atomic E-state index is 0.0310. The van der Waals surface area contributed by atoms with E-state index in [1.807, 2.05) is 42.6 Å². The molecule has 5 aromatic rings. The van der Waals surface area contributed by atoms with E-state index in [4.69, 9.17) is 20.6 Å². The second kappa shape index (κ2) is 10.8. The molecule has 0 saturated carbocycles. The van der Waals surface area contributed by atoms with E-state index in [2.05, 4.69) is 52.7 Å². The van der Waals surface area contributed by atoms with Gasteiger partial charge in [-0.05, 0) is 42.5 Å². The maximum absolute atomic E-state index is 7.54. The Labute approximate surface area is 215 Å². The van der Waals surface area contributed by atoms with E-state index in [9.17, 15) is 0 Å². The summed E-state index contributed by atoms with van der Waals surface area (Å²) in [6, 6.07) is 21.9. The number of fused-ring (bicyclic) bond motifs is 3. The average Bonchev–Trinajstić information content (AvgIpc) is 3.53. The van der Waals surface area contributed by atoms with Crippen LogP contribution < -0.4 is 15.8 Å². The zero-order valence-corrected chi connectivity index (χ0v) is 20.9. The molecule has 0 bridgehead atoms. The van der Waals surface area contributed by atoms with Gasteiger partial charge in [0.1, 0.15) is 30.0 Å². The van der Waals surface area contributed by atoms with Crippen molar-refractivity contribution in [3.05, 3.63) is 84.2 Å². The molecule has 9 nitrogen and oxygen atoms in total. The predicted molar refractivity (Wildman–Crippen MR) is 145 cm³/mol. The van der Waals surface area contributed by atoms with Crippen LogP contribution >= 0.6 is 0 Å². The number of nitrogen functional groups attached to an aromatic ring is 1. The van der Waals surface area contributed by atoms with Gasteiger partial charge in [0.2, 0.25) is 0 Å². The number of nitrogens with two attached hydrogens (primary N) is 1. The average molecular weight is 498 g/mol. The summed E-state index contributed by atoms with van der Waals surface area (Å²) in [4.78, 5) is 3.46. The van der Waals surface area contributed by atoms with Crippen LogP contribution in [0.5, 0.6) is 5.75 Å². The molecule has 0 aliphatic heterocycles. The maximum atomic E-state index is 7.54. The van der Waals surface area contributed by atoms with Gasteiger partial charge in [0.25, 0.3) is 0 Å². The van der Waals surface area contributed by atoms with Crippen LogP contribution in [-0.4, -0.2) is 51.1 Å². The van der Waals surface area contributed by atoms with Crippen molar-refractivity contribution in [2.45, 2.75) is 32.6 Å². The molecule has 3 aromatic carbocycles. The number of aromatic nitrogens is 4. The molecule has 0 saturated heterocycles. The summed E-state index contributed by atoms with van der Waals surface area (Å²) in [5.74, 6) is 0.858. The van der Waals surface area contributed by atoms with Crippen LogP contribution in [0.1, 0.15) is 25.1 Å². The molecule has 1 atom stereocenters. The van der Waals surface area contributed by atoms with Gasteiger partial charge in [0.15, 0.2) is 0 Å². The largest absolute Gasteiger partial charge is 0.490 e. The number of hydrogen-bond donors (Lipinski definition) is 4. The van der Waals surface area contributed by atoms with Gasteiger partial charge in [0.05, 0.1) is 24.0 Å². The van der Waals surface area contributed by atoms with Crippen LogP contribution in [0.15, 0.2) is 72.9 Å². The lowest BCUT2D eigenvalue weighted by atomic mass is 10.1. The van der Waals surface area contributed by atoms with E-state index < -0.39 is 0 Å². The first-order valence-electron chi connectivity index (χ1n) is 12.3. The van der Waals surface area contributed by atoms with Crippen molar-refractivity contribution in [1.29, 1.82) is 5.41 Å². The quantitative estimate of drug-likeness (QED) is 0.160. The number of hydrogen-bond acceptors (Lipinski definition) is 6. The second-order valence-electron chi connectivity index (χ2n) is 9.27. The van der Waals surface area contributed by atoms with E-state index in [-0.39, 0.29) is 11.9 Å². The normalized spacial score (nSPS) is 12.4. The molecule has 0 spiro atoms. The molecule has 5 N–H and O–H groups in total. The fraction of sp³-hybridized carbons (Fsp3) is 0.250. The van der Waals surface area contributed by atoms with Crippen LogP contribution in [0.25, 0.3) is 27.5 Å². The fourth-order valence-corrected chi connectivity index (χ4v) is 4.19. The minimum atomic E-state index is -0.192. The predicted octanol–water partition coefficient (Wildman–Crippen LogP) is 4.15. The van der Waals surface area contributed by atoms with Crippen molar-refractivity contribution in [1.82, 2.24) is 25.3 Å². The molecular weight excluding hydrogens is 466 g/mol. The van der Waals surface area contributed by atoms with Crippen molar-refractivity contribution < 1.29 is 9.47 Å². The highest BCUT2D eigenvalue weighted by Crippen LogP contribution is 2.33. The second-order valence-corrected chi connectivity index (χ2v) is 9.27. The summed E-state index contributed by atoms with van der Waals surface area (Å²) in [5.41, 5.74) is 9.88. The Bertz CT molecular complexity index is 1500. The summed E-state index contributed by atoms with van der Waals surface area (Å²) in [6.45, 7) is 5.54. The molecule has 0 radical (unpaired) electrons. The van der Waals surface area contributed by atoms with Gasteiger partial charge < -0.3 is 25.5 Å². The molecule has 190 valence electrons. The number of ether oxygens (including phenoxy) is 2. The lowest BCUT2D eigenvalue weighted by molar-refractivity contribution is 0.00812. The third-order valence-corrected chi connectivity index (χ3v) is 6.12. The zero-order valence-electron chi connectivity index (χ0n) is 20.9. The van der Waals surface area contributed by atoms with Gasteiger partial charge in [-0.2, -0.15) is 0 Å². The Kier molecular flexibility index (Phi) is 7.16. The van der Waals surface area contributed by atoms with Crippen molar-refractivity contribution >= 4 is 27.6 Å². The van der Waals surface area contributed by atoms with Gasteiger partial charge in [-0.3, -0.25) is 5.41 Å². The van der Waals surface area contributed by atoms with Gasteiger partial charge in [0, 0.05) is 34.4 Å². The number of para-hydroxylation sites is 1. The molecule has 9 heteroatoms. The third-order valence-electron chi connectivity index (χ3n) is 6.12. The van der Waals surface area contributed by atoms with Crippen LogP contribution in [-0.2, 0) is 11.3 Å². The highest BCUT2D eigenvalue weighted by atomic mass is 16.5. The zero-order chi connectivity index (χ0) is 25.8. The number of benzene rings is 3. The van der Waals surface area contributed by atoms with Crippen molar-refractivity contribution in [3.8, 4) is 11.4 Å². The molecule has 2 aromatic heterocycles. The third kappa shape index (κ3) is 5.63. The van der Waals surface area contributed by atoms with Gasteiger partial charge in [-0.15, -0.1) is 5.10 Å². The lowest BCUT2D eigenvalue weighted by Gasteiger charge is -2.20. The highest BCUT2D eigenvalue weighted by molar-refractivity contribution is 6.10. The Morgan fingerprint density at radius 3 is 2.62 bits per heavy atom. The number of aromatic amines is 1. The lowest BCUT2D eigenvalue weighted by Crippen LogP contribution is -2.37. The Hall–Kier alpha value is -4.21. The summed E-state index contributed by atoms with van der Waals surface area (Å²) >= 11 is 0. The van der Waals surface area contributed by atoms with Gasteiger partial charge in [-0.25, -0.2) is 4.68 Å². The van der Waals surface area contributed by atoms with Crippen molar-refractivity contribution in [2.24, 2.45) is 5.73 Å². The van der Waals surface area contributed by atoms with E-state index in [1.165, 1.54) is 0 Å². The summed E-state index contributed by atoms with van der Waals surface area (Å²) < 4.78 is 14.2. The highest BCUT2D eigenvalue weighted by Gasteiger charge is 2.15. The monoisotopic (exact) mass is 497 g/mol. The number of rotatable bonds is 11. The number of nitrogens with zero attached hydrogens (tertiary/aromatic N) is 3. The maximum Gasteiger partial charge on any atom is 0.129 e. The molecule has 0 amide bonds. The Morgan fingerprint density at radius 1 is 1.05 bits per heavy atom. The van der Waals surface area contributed by atoms with E-state index in [0.29, 0.717) is 37.1 Å². The van der Waals surface area contributed by atoms with Crippen LogP contribution in [0.3, 0.4) is 0 Å². The fourth-order valence-electron chi connectivity index (χ4n) is 4.19. The first-order chi connectivity index (χ1) is 18.0. The molecule has 2 heterocycles. The SMILES string of the molecule is CC(C)NCC(COc1cccc2[nH]c3ccccc3c12)OCc1cn(-c2ccc(C(=N)N)cc2)nn1. The van der Waals surface area contributed by atoms with Crippen LogP contribution in [0, 0.1) is 5.41 Å². The molecule has 0 fully saturated rings. The topological polar surface area (TPSA) is 127 Å². The van der Waals surface area contributed by atoms with Gasteiger partial charge in [-0.1, -0.05) is 43.3 Å². The van der Waals surface area contributed by atoms with E-state index >= 15 is 0 Å². The standard InChI is InChI=1S/C28H31N7O2/c1-18(2)31-14-22(17-37-26-9-5-8-25-27(26)23-6-3-4-7-24(23)32-25)36-16-20-15-35(34-33-20)21-12-10-19(11-13-21)28(29)30/h3-13,15,18,22,31-32H,14,16-17H2,1-2H3,(H3,29,30). The molecule has 0 aliphatic rings. The summed E-state index contributed by atoms with van der Waals surface area (Å²) in [6.07, 6.45) is 1.64. The Morgan fingerprint density at radius 2 is 1.84 bits per heavy atom. The van der Waals surface area contributed by atoms with Crippen molar-refractivity contribution in [3.63, 3.8) is 0 Å². The molecule has 0 aliphatic carbocycles. The number of H-pyrrole nitrogens is 1. The minimum Gasteiger partial charge on any atom is -0.490 e. The van der Waals surface area contributed by atoms with E-state index in [0.717, 1.165) is 33.2 Å². The molecule has 1 unspecified atom stereocenters. The van der Waals surface area contributed by atoms with Crippen molar-refractivity contribution in [2.75, 3.05) is 13.2 Å². The molecule has 37 heavy (non-hydrogen) atoms.